The largest absolute Gasteiger partial charge is 0.451 e. The van der Waals surface area contributed by atoms with Crippen LogP contribution in [-0.4, -0.2) is 49.3 Å². The van der Waals surface area contributed by atoms with Crippen molar-refractivity contribution in [2.45, 2.75) is 43.4 Å². The van der Waals surface area contributed by atoms with E-state index in [1.807, 2.05) is 11.8 Å². The Morgan fingerprint density at radius 2 is 2.14 bits per heavy atom. The van der Waals surface area contributed by atoms with E-state index in [0.717, 1.165) is 12.2 Å². The molecule has 0 aromatic carbocycles. The number of hydrogen-bond donors (Lipinski definition) is 1. The van der Waals surface area contributed by atoms with Crippen molar-refractivity contribution in [3.05, 3.63) is 11.6 Å². The minimum absolute atomic E-state index is 0.139. The van der Waals surface area contributed by atoms with Gasteiger partial charge in [-0.25, -0.2) is 0 Å². The van der Waals surface area contributed by atoms with Crippen LogP contribution in [0.15, 0.2) is 0 Å². The maximum atomic E-state index is 12.9. The monoisotopic (exact) mass is 321 g/mol. The van der Waals surface area contributed by atoms with Gasteiger partial charge in [0.1, 0.15) is 5.82 Å². The Morgan fingerprint density at radius 1 is 1.38 bits per heavy atom. The number of halogens is 3. The van der Waals surface area contributed by atoms with Crippen molar-refractivity contribution in [3.8, 4) is 0 Å². The second kappa shape index (κ2) is 5.13. The highest BCUT2D eigenvalue weighted by Gasteiger charge is 2.47. The van der Waals surface area contributed by atoms with E-state index in [1.54, 1.807) is 0 Å². The first kappa shape index (κ1) is 15.1. The van der Waals surface area contributed by atoms with Crippen molar-refractivity contribution in [2.24, 2.45) is 5.73 Å². The number of nitrogens with zero attached hydrogens (tertiary/aromatic N) is 4. The zero-order chi connectivity index (χ0) is 15.3. The van der Waals surface area contributed by atoms with Gasteiger partial charge in [0, 0.05) is 30.4 Å². The Balaban J connectivity index is 1.87. The summed E-state index contributed by atoms with van der Waals surface area (Å²) in [5.41, 5.74) is 5.87. The zero-order valence-electron chi connectivity index (χ0n) is 11.7. The molecule has 1 aromatic heterocycles. The molecule has 2 aliphatic rings. The van der Waals surface area contributed by atoms with Crippen LogP contribution in [0.5, 0.6) is 0 Å². The molecule has 2 atom stereocenters. The van der Waals surface area contributed by atoms with Gasteiger partial charge in [-0.3, -0.25) is 4.90 Å². The molecule has 2 N–H and O–H groups in total. The SMILES string of the molecule is CC1SCCC1(CN)N1CCn2c(nnc2C(F)(F)F)C1. The number of alkyl halides is 3. The second-order valence-corrected chi connectivity index (χ2v) is 7.03. The smallest absolute Gasteiger partial charge is 0.329 e. The fourth-order valence-corrected chi connectivity index (χ4v) is 4.83. The molecule has 2 unspecified atom stereocenters. The molecule has 2 aliphatic heterocycles. The Labute approximate surface area is 125 Å². The summed E-state index contributed by atoms with van der Waals surface area (Å²) in [5.74, 6) is 0.522. The summed E-state index contributed by atoms with van der Waals surface area (Å²) in [6.07, 6.45) is -3.48. The molecular weight excluding hydrogens is 303 g/mol. The van der Waals surface area contributed by atoms with E-state index in [2.05, 4.69) is 22.0 Å². The van der Waals surface area contributed by atoms with Crippen LogP contribution < -0.4 is 5.73 Å². The first-order chi connectivity index (χ1) is 9.88. The quantitative estimate of drug-likeness (QED) is 0.891. The number of hydrogen-bond acceptors (Lipinski definition) is 5. The lowest BCUT2D eigenvalue weighted by atomic mass is 9.90. The van der Waals surface area contributed by atoms with Crippen LogP contribution in [-0.2, 0) is 19.3 Å². The normalized spacial score (nSPS) is 30.6. The van der Waals surface area contributed by atoms with Gasteiger partial charge in [0.05, 0.1) is 6.54 Å². The van der Waals surface area contributed by atoms with E-state index >= 15 is 0 Å². The molecule has 9 heteroatoms. The van der Waals surface area contributed by atoms with Crippen LogP contribution in [0.1, 0.15) is 25.0 Å². The molecule has 0 radical (unpaired) electrons. The summed E-state index contributed by atoms with van der Waals surface area (Å²) >= 11 is 1.87. The van der Waals surface area contributed by atoms with Gasteiger partial charge in [-0.15, -0.1) is 10.2 Å². The van der Waals surface area contributed by atoms with Gasteiger partial charge in [0.15, 0.2) is 0 Å². The van der Waals surface area contributed by atoms with Crippen LogP contribution in [0.25, 0.3) is 0 Å². The average molecular weight is 321 g/mol. The van der Waals surface area contributed by atoms with Gasteiger partial charge >= 0.3 is 6.18 Å². The lowest BCUT2D eigenvalue weighted by Gasteiger charge is -2.45. The van der Waals surface area contributed by atoms with E-state index in [-0.39, 0.29) is 12.1 Å². The van der Waals surface area contributed by atoms with E-state index in [0.29, 0.717) is 30.7 Å². The molecule has 0 spiro atoms. The van der Waals surface area contributed by atoms with Crippen molar-refractivity contribution < 1.29 is 13.2 Å². The molecule has 1 saturated heterocycles. The molecule has 1 aromatic rings. The molecule has 5 nitrogen and oxygen atoms in total. The molecule has 0 amide bonds. The Morgan fingerprint density at radius 3 is 2.71 bits per heavy atom. The lowest BCUT2D eigenvalue weighted by Crippen LogP contribution is -2.59. The maximum absolute atomic E-state index is 12.9. The highest BCUT2D eigenvalue weighted by Crippen LogP contribution is 2.41. The first-order valence-corrected chi connectivity index (χ1v) is 7.99. The van der Waals surface area contributed by atoms with Crippen LogP contribution >= 0.6 is 11.8 Å². The topological polar surface area (TPSA) is 60.0 Å². The van der Waals surface area contributed by atoms with E-state index in [1.165, 1.54) is 4.57 Å². The molecule has 0 saturated carbocycles. The molecule has 1 fully saturated rings. The Kier molecular flexibility index (Phi) is 3.69. The van der Waals surface area contributed by atoms with Gasteiger partial charge in [-0.2, -0.15) is 24.9 Å². The van der Waals surface area contributed by atoms with Gasteiger partial charge in [-0.05, 0) is 12.2 Å². The summed E-state index contributed by atoms with van der Waals surface area (Å²) in [6.45, 7) is 3.85. The van der Waals surface area contributed by atoms with Crippen molar-refractivity contribution in [2.75, 3.05) is 18.8 Å². The molecule has 118 valence electrons. The van der Waals surface area contributed by atoms with Gasteiger partial charge in [0.25, 0.3) is 0 Å². The molecule has 0 bridgehead atoms. The Bertz CT molecular complexity index is 531. The molecule has 0 aliphatic carbocycles. The van der Waals surface area contributed by atoms with Crippen molar-refractivity contribution in [3.63, 3.8) is 0 Å². The highest BCUT2D eigenvalue weighted by molar-refractivity contribution is 8.00. The van der Waals surface area contributed by atoms with Crippen molar-refractivity contribution in [1.29, 1.82) is 0 Å². The summed E-state index contributed by atoms with van der Waals surface area (Å²) in [4.78, 5) is 2.20. The number of thioether (sulfide) groups is 1. The number of nitrogens with two attached hydrogens (primary N) is 1. The van der Waals surface area contributed by atoms with Crippen LogP contribution in [0.3, 0.4) is 0 Å². The Hall–Kier alpha value is -0.800. The fraction of sp³-hybridized carbons (Fsp3) is 0.833. The predicted molar refractivity (Wildman–Crippen MR) is 73.8 cm³/mol. The number of rotatable bonds is 2. The summed E-state index contributed by atoms with van der Waals surface area (Å²) in [6, 6.07) is 0. The van der Waals surface area contributed by atoms with Crippen LogP contribution in [0, 0.1) is 0 Å². The molecule has 3 rings (SSSR count). The summed E-state index contributed by atoms with van der Waals surface area (Å²) in [5, 5.41) is 7.44. The fourth-order valence-electron chi connectivity index (χ4n) is 3.33. The van der Waals surface area contributed by atoms with E-state index in [4.69, 9.17) is 5.73 Å². The molecule has 21 heavy (non-hydrogen) atoms. The maximum Gasteiger partial charge on any atom is 0.451 e. The third-order valence-corrected chi connectivity index (χ3v) is 6.03. The molecular formula is C12H18F3N5S. The third kappa shape index (κ3) is 2.35. The van der Waals surface area contributed by atoms with E-state index < -0.39 is 12.0 Å². The van der Waals surface area contributed by atoms with E-state index in [9.17, 15) is 13.2 Å². The number of aromatic nitrogens is 3. The van der Waals surface area contributed by atoms with Gasteiger partial charge < -0.3 is 10.3 Å². The third-order valence-electron chi connectivity index (χ3n) is 4.65. The van der Waals surface area contributed by atoms with Crippen molar-refractivity contribution >= 4 is 11.8 Å². The predicted octanol–water partition coefficient (Wildman–Crippen LogP) is 1.34. The second-order valence-electron chi connectivity index (χ2n) is 5.58. The standard InChI is InChI=1S/C12H18F3N5S/c1-8-11(7-16,2-5-21-8)19-3-4-20-9(6-19)17-18-10(20)12(13,14)15/h8H,2-7,16H2,1H3. The zero-order valence-corrected chi connectivity index (χ0v) is 12.5. The summed E-state index contributed by atoms with van der Waals surface area (Å²) in [7, 11) is 0. The minimum atomic E-state index is -4.45. The number of fused-ring (bicyclic) bond motifs is 1. The van der Waals surface area contributed by atoms with Crippen LogP contribution in [0.2, 0.25) is 0 Å². The average Bonchev–Trinajstić information content (AvgIpc) is 3.01. The van der Waals surface area contributed by atoms with Crippen LogP contribution in [0.4, 0.5) is 13.2 Å². The summed E-state index contributed by atoms with van der Waals surface area (Å²) < 4.78 is 39.7. The van der Waals surface area contributed by atoms with Crippen molar-refractivity contribution in [1.82, 2.24) is 19.7 Å². The molecule has 3 heterocycles. The lowest BCUT2D eigenvalue weighted by molar-refractivity contribution is -0.148. The first-order valence-electron chi connectivity index (χ1n) is 6.94. The highest BCUT2D eigenvalue weighted by atomic mass is 32.2. The van der Waals surface area contributed by atoms with Gasteiger partial charge in [0.2, 0.25) is 5.82 Å². The van der Waals surface area contributed by atoms with Gasteiger partial charge in [-0.1, -0.05) is 6.92 Å². The minimum Gasteiger partial charge on any atom is -0.329 e.